The topological polar surface area (TPSA) is 37.3 Å². The van der Waals surface area contributed by atoms with Crippen LogP contribution in [0.25, 0.3) is 0 Å². The Bertz CT molecular complexity index is 378. The van der Waals surface area contributed by atoms with E-state index >= 15 is 0 Å². The van der Waals surface area contributed by atoms with Gasteiger partial charge in [0, 0.05) is 5.56 Å². The highest BCUT2D eigenvalue weighted by atomic mass is 16.3. The quantitative estimate of drug-likeness (QED) is 0.771. The summed E-state index contributed by atoms with van der Waals surface area (Å²) >= 11 is 0. The maximum atomic E-state index is 11.0. The molecule has 0 amide bonds. The maximum absolute atomic E-state index is 11.0. The van der Waals surface area contributed by atoms with Crippen molar-refractivity contribution in [1.82, 2.24) is 0 Å². The number of phenolic OH excluding ortho intramolecular Hbond substituents is 1. The Morgan fingerprint density at radius 2 is 2.00 bits per heavy atom. The van der Waals surface area contributed by atoms with Gasteiger partial charge in [-0.1, -0.05) is 20.8 Å². The van der Waals surface area contributed by atoms with Crippen LogP contribution in [0.3, 0.4) is 0 Å². The van der Waals surface area contributed by atoms with Gasteiger partial charge in [0.25, 0.3) is 0 Å². The predicted molar refractivity (Wildman–Crippen MR) is 61.5 cm³/mol. The standard InChI is InChI=1S/C13H18O2/c1-5-13(3,4)11-7-12(15)9(2)6-10(11)8-14/h6-8,15H,5H2,1-4H3. The van der Waals surface area contributed by atoms with Gasteiger partial charge in [0.2, 0.25) is 0 Å². The first-order chi connectivity index (χ1) is 6.92. The molecule has 2 heteroatoms. The van der Waals surface area contributed by atoms with E-state index in [0.717, 1.165) is 23.8 Å². The number of carbonyl (C=O) groups excluding carboxylic acids is 1. The number of aryl methyl sites for hydroxylation is 1. The first kappa shape index (κ1) is 11.8. The third-order valence-electron chi connectivity index (χ3n) is 3.11. The molecule has 15 heavy (non-hydrogen) atoms. The largest absolute Gasteiger partial charge is 0.508 e. The Labute approximate surface area is 90.9 Å². The zero-order chi connectivity index (χ0) is 11.6. The Morgan fingerprint density at radius 1 is 1.40 bits per heavy atom. The van der Waals surface area contributed by atoms with Crippen molar-refractivity contribution < 1.29 is 9.90 Å². The predicted octanol–water partition coefficient (Wildman–Crippen LogP) is 3.20. The molecule has 0 radical (unpaired) electrons. The summed E-state index contributed by atoms with van der Waals surface area (Å²) in [6.45, 7) is 8.02. The van der Waals surface area contributed by atoms with Gasteiger partial charge in [-0.15, -0.1) is 0 Å². The van der Waals surface area contributed by atoms with Gasteiger partial charge >= 0.3 is 0 Å². The second-order valence-electron chi connectivity index (χ2n) is 4.58. The molecule has 0 spiro atoms. The molecule has 0 bridgehead atoms. The summed E-state index contributed by atoms with van der Waals surface area (Å²) in [5.41, 5.74) is 2.26. The zero-order valence-electron chi connectivity index (χ0n) is 9.79. The van der Waals surface area contributed by atoms with Gasteiger partial charge in [0.1, 0.15) is 12.0 Å². The van der Waals surface area contributed by atoms with Crippen LogP contribution in [-0.2, 0) is 5.41 Å². The second kappa shape index (κ2) is 4.05. The second-order valence-corrected chi connectivity index (χ2v) is 4.58. The molecule has 0 aromatic heterocycles. The summed E-state index contributed by atoms with van der Waals surface area (Å²) in [5.74, 6) is 0.261. The molecule has 0 aliphatic carbocycles. The minimum Gasteiger partial charge on any atom is -0.508 e. The lowest BCUT2D eigenvalue weighted by atomic mass is 9.79. The van der Waals surface area contributed by atoms with Crippen LogP contribution in [0.4, 0.5) is 0 Å². The molecule has 0 atom stereocenters. The smallest absolute Gasteiger partial charge is 0.150 e. The number of carbonyl (C=O) groups is 1. The molecule has 0 aliphatic rings. The van der Waals surface area contributed by atoms with Crippen molar-refractivity contribution in [3.8, 4) is 5.75 Å². The van der Waals surface area contributed by atoms with Gasteiger partial charge in [-0.2, -0.15) is 0 Å². The molecule has 0 fully saturated rings. The van der Waals surface area contributed by atoms with E-state index in [-0.39, 0.29) is 11.2 Å². The molecule has 1 aromatic rings. The fourth-order valence-corrected chi connectivity index (χ4v) is 1.59. The Kier molecular flexibility index (Phi) is 3.18. The minimum atomic E-state index is -0.0819. The Hall–Kier alpha value is -1.31. The molecule has 0 saturated carbocycles. The van der Waals surface area contributed by atoms with Crippen molar-refractivity contribution >= 4 is 6.29 Å². The number of aromatic hydroxyl groups is 1. The molecule has 0 aliphatic heterocycles. The van der Waals surface area contributed by atoms with E-state index in [9.17, 15) is 9.90 Å². The van der Waals surface area contributed by atoms with E-state index in [1.54, 1.807) is 19.1 Å². The first-order valence-corrected chi connectivity index (χ1v) is 5.21. The number of benzene rings is 1. The minimum absolute atomic E-state index is 0.0819. The van der Waals surface area contributed by atoms with Crippen LogP contribution >= 0.6 is 0 Å². The zero-order valence-corrected chi connectivity index (χ0v) is 9.79. The van der Waals surface area contributed by atoms with Gasteiger partial charge in [0.15, 0.2) is 0 Å². The lowest BCUT2D eigenvalue weighted by molar-refractivity contribution is 0.112. The fraction of sp³-hybridized carbons (Fsp3) is 0.462. The van der Waals surface area contributed by atoms with Gasteiger partial charge in [-0.25, -0.2) is 0 Å². The van der Waals surface area contributed by atoms with Gasteiger partial charge < -0.3 is 5.11 Å². The fourth-order valence-electron chi connectivity index (χ4n) is 1.59. The third-order valence-corrected chi connectivity index (χ3v) is 3.11. The van der Waals surface area contributed by atoms with Crippen molar-refractivity contribution in [3.05, 3.63) is 28.8 Å². The van der Waals surface area contributed by atoms with Crippen LogP contribution < -0.4 is 0 Å². The van der Waals surface area contributed by atoms with Crippen LogP contribution in [0.15, 0.2) is 12.1 Å². The molecule has 0 unspecified atom stereocenters. The van der Waals surface area contributed by atoms with E-state index in [4.69, 9.17) is 0 Å². The van der Waals surface area contributed by atoms with E-state index in [2.05, 4.69) is 20.8 Å². The highest BCUT2D eigenvalue weighted by molar-refractivity contribution is 5.79. The normalized spacial score (nSPS) is 11.5. The number of phenols is 1. The van der Waals surface area contributed by atoms with E-state index in [0.29, 0.717) is 5.56 Å². The summed E-state index contributed by atoms with van der Waals surface area (Å²) < 4.78 is 0. The molecular formula is C13H18O2. The average Bonchev–Trinajstić information content (AvgIpc) is 2.21. The SMILES string of the molecule is CCC(C)(C)c1cc(O)c(C)cc1C=O. The summed E-state index contributed by atoms with van der Waals surface area (Å²) in [5, 5.41) is 9.66. The summed E-state index contributed by atoms with van der Waals surface area (Å²) in [6, 6.07) is 3.46. The van der Waals surface area contributed by atoms with Crippen molar-refractivity contribution in [2.45, 2.75) is 39.5 Å². The van der Waals surface area contributed by atoms with Gasteiger partial charge in [-0.3, -0.25) is 4.79 Å². The maximum Gasteiger partial charge on any atom is 0.150 e. The number of aldehydes is 1. The lowest BCUT2D eigenvalue weighted by Gasteiger charge is -2.25. The number of hydrogen-bond donors (Lipinski definition) is 1. The van der Waals surface area contributed by atoms with Crippen LogP contribution in [-0.4, -0.2) is 11.4 Å². The molecule has 82 valence electrons. The summed E-state index contributed by atoms with van der Waals surface area (Å²) in [4.78, 5) is 11.0. The van der Waals surface area contributed by atoms with Gasteiger partial charge in [-0.05, 0) is 42.0 Å². The van der Waals surface area contributed by atoms with Crippen molar-refractivity contribution in [2.24, 2.45) is 0 Å². The van der Waals surface area contributed by atoms with Crippen LogP contribution in [0.5, 0.6) is 5.75 Å². The van der Waals surface area contributed by atoms with E-state index < -0.39 is 0 Å². The van der Waals surface area contributed by atoms with E-state index in [1.807, 2.05) is 0 Å². The molecule has 1 aromatic carbocycles. The Balaban J connectivity index is 3.40. The molecular weight excluding hydrogens is 188 g/mol. The monoisotopic (exact) mass is 206 g/mol. The van der Waals surface area contributed by atoms with Gasteiger partial charge in [0.05, 0.1) is 0 Å². The van der Waals surface area contributed by atoms with Crippen molar-refractivity contribution in [3.63, 3.8) is 0 Å². The Morgan fingerprint density at radius 3 is 2.47 bits per heavy atom. The van der Waals surface area contributed by atoms with Crippen molar-refractivity contribution in [2.75, 3.05) is 0 Å². The molecule has 1 N–H and O–H groups in total. The summed E-state index contributed by atoms with van der Waals surface area (Å²) in [7, 11) is 0. The summed E-state index contributed by atoms with van der Waals surface area (Å²) in [6.07, 6.45) is 1.79. The average molecular weight is 206 g/mol. The van der Waals surface area contributed by atoms with Crippen molar-refractivity contribution in [1.29, 1.82) is 0 Å². The lowest BCUT2D eigenvalue weighted by Crippen LogP contribution is -2.18. The molecule has 2 nitrogen and oxygen atoms in total. The van der Waals surface area contributed by atoms with Crippen LogP contribution in [0.2, 0.25) is 0 Å². The van der Waals surface area contributed by atoms with E-state index in [1.165, 1.54) is 0 Å². The molecule has 0 heterocycles. The third kappa shape index (κ3) is 2.20. The molecule has 0 saturated heterocycles. The van der Waals surface area contributed by atoms with Crippen LogP contribution in [0.1, 0.15) is 48.7 Å². The first-order valence-electron chi connectivity index (χ1n) is 5.21. The number of rotatable bonds is 3. The molecule has 1 rings (SSSR count). The highest BCUT2D eigenvalue weighted by Gasteiger charge is 2.22. The number of hydrogen-bond acceptors (Lipinski definition) is 2. The van der Waals surface area contributed by atoms with Crippen LogP contribution in [0, 0.1) is 6.92 Å². The highest BCUT2D eigenvalue weighted by Crippen LogP contribution is 2.33.